The predicted octanol–water partition coefficient (Wildman–Crippen LogP) is 2.12. The van der Waals surface area contributed by atoms with Crippen LogP contribution in [0.4, 0.5) is 0 Å². The number of hydrogen-bond donors (Lipinski definition) is 1. The lowest BCUT2D eigenvalue weighted by molar-refractivity contribution is -0.150. The number of amides is 1. The maximum Gasteiger partial charge on any atom is 0.344 e. The minimum absolute atomic E-state index is 0.0869. The van der Waals surface area contributed by atoms with Gasteiger partial charge in [-0.05, 0) is 31.9 Å². The van der Waals surface area contributed by atoms with Gasteiger partial charge in [-0.1, -0.05) is 26.0 Å². The number of esters is 1. The molecule has 0 saturated carbocycles. The molecule has 0 spiro atoms. The molecule has 1 rings (SSSR count). The number of benzene rings is 1. The summed E-state index contributed by atoms with van der Waals surface area (Å²) in [7, 11) is 0. The van der Waals surface area contributed by atoms with Crippen LogP contribution in [-0.4, -0.2) is 36.9 Å². The molecule has 0 aliphatic carbocycles. The first kappa shape index (κ1) is 18.7. The van der Waals surface area contributed by atoms with Crippen LogP contribution in [0.2, 0.25) is 0 Å². The van der Waals surface area contributed by atoms with Crippen molar-refractivity contribution in [2.24, 2.45) is 0 Å². The zero-order valence-electron chi connectivity index (χ0n) is 13.8. The first-order valence-corrected chi connectivity index (χ1v) is 7.65. The highest BCUT2D eigenvalue weighted by atomic mass is 16.6. The maximum absolute atomic E-state index is 11.6. The SMILES string of the molecule is CCC(CC)NC(=O)COC(=O)COc1cccc(C(C)=O)c1. The van der Waals surface area contributed by atoms with Gasteiger partial charge in [-0.25, -0.2) is 4.79 Å². The van der Waals surface area contributed by atoms with E-state index in [0.29, 0.717) is 11.3 Å². The second-order valence-corrected chi connectivity index (χ2v) is 5.11. The maximum atomic E-state index is 11.6. The smallest absolute Gasteiger partial charge is 0.344 e. The second-order valence-electron chi connectivity index (χ2n) is 5.11. The van der Waals surface area contributed by atoms with Crippen LogP contribution < -0.4 is 10.1 Å². The van der Waals surface area contributed by atoms with E-state index in [1.165, 1.54) is 6.92 Å². The molecule has 0 unspecified atom stereocenters. The van der Waals surface area contributed by atoms with Crippen molar-refractivity contribution < 1.29 is 23.9 Å². The fourth-order valence-electron chi connectivity index (χ4n) is 1.90. The molecular formula is C17H23NO5. The summed E-state index contributed by atoms with van der Waals surface area (Å²) < 4.78 is 10.1. The van der Waals surface area contributed by atoms with Crippen molar-refractivity contribution in [1.82, 2.24) is 5.32 Å². The van der Waals surface area contributed by atoms with Crippen molar-refractivity contribution in [1.29, 1.82) is 0 Å². The van der Waals surface area contributed by atoms with Crippen LogP contribution >= 0.6 is 0 Å². The fourth-order valence-corrected chi connectivity index (χ4v) is 1.90. The van der Waals surface area contributed by atoms with E-state index < -0.39 is 5.97 Å². The lowest BCUT2D eigenvalue weighted by Crippen LogP contribution is -2.37. The highest BCUT2D eigenvalue weighted by Crippen LogP contribution is 2.13. The van der Waals surface area contributed by atoms with Crippen molar-refractivity contribution in [2.75, 3.05) is 13.2 Å². The molecule has 0 bridgehead atoms. The molecule has 6 nitrogen and oxygen atoms in total. The third-order valence-corrected chi connectivity index (χ3v) is 3.31. The molecule has 1 aromatic rings. The van der Waals surface area contributed by atoms with Crippen LogP contribution in [0, 0.1) is 0 Å². The largest absolute Gasteiger partial charge is 0.482 e. The topological polar surface area (TPSA) is 81.7 Å². The third kappa shape index (κ3) is 6.95. The minimum atomic E-state index is -0.641. The number of rotatable bonds is 9. The summed E-state index contributed by atoms with van der Waals surface area (Å²) in [5, 5.41) is 2.77. The number of nitrogens with one attached hydrogen (secondary N) is 1. The van der Waals surface area contributed by atoms with E-state index in [2.05, 4.69) is 5.32 Å². The number of ether oxygens (including phenoxy) is 2. The summed E-state index contributed by atoms with van der Waals surface area (Å²) in [6.45, 7) is 4.75. The molecule has 1 N–H and O–H groups in total. The van der Waals surface area contributed by atoms with Crippen molar-refractivity contribution in [3.05, 3.63) is 29.8 Å². The fraction of sp³-hybridized carbons (Fsp3) is 0.471. The van der Waals surface area contributed by atoms with E-state index in [0.717, 1.165) is 12.8 Å². The normalized spacial score (nSPS) is 10.3. The molecule has 0 aromatic heterocycles. The summed E-state index contributed by atoms with van der Waals surface area (Å²) in [6, 6.07) is 6.61. The van der Waals surface area contributed by atoms with Crippen LogP contribution in [0.15, 0.2) is 24.3 Å². The van der Waals surface area contributed by atoms with Gasteiger partial charge in [0.15, 0.2) is 19.0 Å². The summed E-state index contributed by atoms with van der Waals surface area (Å²) >= 11 is 0. The molecule has 0 atom stereocenters. The van der Waals surface area contributed by atoms with Gasteiger partial charge in [0.25, 0.3) is 5.91 Å². The number of hydrogen-bond acceptors (Lipinski definition) is 5. The van der Waals surface area contributed by atoms with Crippen molar-refractivity contribution in [3.63, 3.8) is 0 Å². The van der Waals surface area contributed by atoms with Crippen LogP contribution in [0.3, 0.4) is 0 Å². The van der Waals surface area contributed by atoms with E-state index >= 15 is 0 Å². The molecule has 0 heterocycles. The highest BCUT2D eigenvalue weighted by Gasteiger charge is 2.12. The summed E-state index contributed by atoms with van der Waals surface area (Å²) in [4.78, 5) is 34.4. The number of carbonyl (C=O) groups is 3. The van der Waals surface area contributed by atoms with Gasteiger partial charge < -0.3 is 14.8 Å². The Morgan fingerprint density at radius 3 is 2.43 bits per heavy atom. The Kier molecular flexibility index (Phi) is 7.80. The first-order chi connectivity index (χ1) is 11.0. The molecule has 0 aliphatic rings. The van der Waals surface area contributed by atoms with Crippen LogP contribution in [0.1, 0.15) is 44.0 Å². The second kappa shape index (κ2) is 9.61. The Morgan fingerprint density at radius 2 is 1.83 bits per heavy atom. The van der Waals surface area contributed by atoms with Gasteiger partial charge >= 0.3 is 5.97 Å². The standard InChI is InChI=1S/C17H23NO5/c1-4-14(5-2)18-16(20)10-23-17(21)11-22-15-8-6-7-13(9-15)12(3)19/h6-9,14H,4-5,10-11H2,1-3H3,(H,18,20). The van der Waals surface area contributed by atoms with E-state index in [9.17, 15) is 14.4 Å². The average molecular weight is 321 g/mol. The quantitative estimate of drug-likeness (QED) is 0.556. The van der Waals surface area contributed by atoms with E-state index in [1.807, 2.05) is 13.8 Å². The summed E-state index contributed by atoms with van der Waals surface area (Å²) in [5.41, 5.74) is 0.500. The molecule has 1 aromatic carbocycles. The van der Waals surface area contributed by atoms with Gasteiger partial charge in [-0.3, -0.25) is 9.59 Å². The molecule has 126 valence electrons. The van der Waals surface area contributed by atoms with Gasteiger partial charge in [-0.15, -0.1) is 0 Å². The zero-order chi connectivity index (χ0) is 17.2. The number of Topliss-reactive ketones (excluding diaryl/α,β-unsaturated/α-hetero) is 1. The third-order valence-electron chi connectivity index (χ3n) is 3.31. The molecule has 0 aliphatic heterocycles. The molecule has 1 amide bonds. The Morgan fingerprint density at radius 1 is 1.13 bits per heavy atom. The number of ketones is 1. The Hall–Kier alpha value is -2.37. The number of carbonyl (C=O) groups excluding carboxylic acids is 3. The van der Waals surface area contributed by atoms with Gasteiger partial charge in [-0.2, -0.15) is 0 Å². The lowest BCUT2D eigenvalue weighted by Gasteiger charge is -2.14. The summed E-state index contributed by atoms with van der Waals surface area (Å²) in [5.74, 6) is -0.657. The van der Waals surface area contributed by atoms with Crippen molar-refractivity contribution in [3.8, 4) is 5.75 Å². The minimum Gasteiger partial charge on any atom is -0.482 e. The van der Waals surface area contributed by atoms with Crippen LogP contribution in [-0.2, 0) is 14.3 Å². The Bertz CT molecular complexity index is 552. The van der Waals surface area contributed by atoms with E-state index in [-0.39, 0.29) is 30.9 Å². The molecule has 23 heavy (non-hydrogen) atoms. The molecular weight excluding hydrogens is 298 g/mol. The lowest BCUT2D eigenvalue weighted by atomic mass is 10.1. The van der Waals surface area contributed by atoms with Gasteiger partial charge in [0.1, 0.15) is 5.75 Å². The molecule has 0 saturated heterocycles. The monoisotopic (exact) mass is 321 g/mol. The van der Waals surface area contributed by atoms with Crippen molar-refractivity contribution in [2.45, 2.75) is 39.7 Å². The highest BCUT2D eigenvalue weighted by molar-refractivity contribution is 5.94. The molecule has 0 radical (unpaired) electrons. The average Bonchev–Trinajstić information content (AvgIpc) is 2.56. The Balaban J connectivity index is 2.36. The van der Waals surface area contributed by atoms with Crippen LogP contribution in [0.5, 0.6) is 5.75 Å². The van der Waals surface area contributed by atoms with E-state index in [1.54, 1.807) is 24.3 Å². The zero-order valence-corrected chi connectivity index (χ0v) is 13.8. The van der Waals surface area contributed by atoms with E-state index in [4.69, 9.17) is 9.47 Å². The van der Waals surface area contributed by atoms with Gasteiger partial charge in [0.05, 0.1) is 0 Å². The summed E-state index contributed by atoms with van der Waals surface area (Å²) in [6.07, 6.45) is 1.65. The first-order valence-electron chi connectivity index (χ1n) is 7.65. The van der Waals surface area contributed by atoms with Crippen molar-refractivity contribution >= 4 is 17.7 Å². The molecule has 6 heteroatoms. The van der Waals surface area contributed by atoms with Gasteiger partial charge in [0.2, 0.25) is 0 Å². The predicted molar refractivity (Wildman–Crippen MR) is 85.4 cm³/mol. The van der Waals surface area contributed by atoms with Gasteiger partial charge in [0, 0.05) is 11.6 Å². The Labute approximate surface area is 136 Å². The molecule has 0 fully saturated rings. The van der Waals surface area contributed by atoms with Crippen LogP contribution in [0.25, 0.3) is 0 Å².